The first kappa shape index (κ1) is 13.2. The highest BCUT2D eigenvalue weighted by Gasteiger charge is 2.29. The third kappa shape index (κ3) is 2.45. The van der Waals surface area contributed by atoms with Crippen LogP contribution in [-0.4, -0.2) is 31.4 Å². The first-order valence-electron chi connectivity index (χ1n) is 5.95. The molecule has 18 heavy (non-hydrogen) atoms. The number of nitrogens with one attached hydrogen (secondary N) is 1. The van der Waals surface area contributed by atoms with E-state index < -0.39 is 5.69 Å². The van der Waals surface area contributed by atoms with Crippen LogP contribution in [0, 0.1) is 0 Å². The van der Waals surface area contributed by atoms with Crippen molar-refractivity contribution in [2.75, 3.05) is 17.6 Å². The van der Waals surface area contributed by atoms with Crippen molar-refractivity contribution in [3.63, 3.8) is 0 Å². The summed E-state index contributed by atoms with van der Waals surface area (Å²) in [5.41, 5.74) is -0.781. The van der Waals surface area contributed by atoms with Crippen molar-refractivity contribution >= 4 is 17.6 Å². The minimum absolute atomic E-state index is 0.154. The highest BCUT2D eigenvalue weighted by Crippen LogP contribution is 2.37. The van der Waals surface area contributed by atoms with Gasteiger partial charge in [0.25, 0.3) is 5.56 Å². The van der Waals surface area contributed by atoms with Crippen LogP contribution in [0.15, 0.2) is 9.59 Å². The van der Waals surface area contributed by atoms with E-state index in [1.807, 2.05) is 11.8 Å². The fourth-order valence-corrected chi connectivity index (χ4v) is 3.30. The van der Waals surface area contributed by atoms with Crippen molar-refractivity contribution in [3.8, 4) is 0 Å². The van der Waals surface area contributed by atoms with Gasteiger partial charge < -0.3 is 5.32 Å². The molecule has 1 aliphatic heterocycles. The molecule has 1 aromatic heterocycles. The Morgan fingerprint density at radius 2 is 2.17 bits per heavy atom. The number of aryl methyl sites for hydroxylation is 1. The van der Waals surface area contributed by atoms with Crippen LogP contribution in [0.5, 0.6) is 0 Å². The monoisotopic (exact) mass is 270 g/mol. The van der Waals surface area contributed by atoms with Crippen molar-refractivity contribution < 1.29 is 0 Å². The van der Waals surface area contributed by atoms with E-state index in [2.05, 4.69) is 17.3 Å². The molecule has 0 amide bonds. The highest BCUT2D eigenvalue weighted by molar-refractivity contribution is 8.00. The summed E-state index contributed by atoms with van der Waals surface area (Å²) in [6.07, 6.45) is 2.35. The molecule has 2 rings (SSSR count). The van der Waals surface area contributed by atoms with E-state index in [0.29, 0.717) is 6.54 Å². The van der Waals surface area contributed by atoms with Gasteiger partial charge in [-0.05, 0) is 25.5 Å². The van der Waals surface area contributed by atoms with E-state index in [1.165, 1.54) is 18.2 Å². The molecule has 0 bridgehead atoms. The molecule has 6 nitrogen and oxygen atoms in total. The second kappa shape index (κ2) is 4.79. The Kier molecular flexibility index (Phi) is 3.52. The van der Waals surface area contributed by atoms with Crippen LogP contribution in [0.3, 0.4) is 0 Å². The quantitative estimate of drug-likeness (QED) is 0.848. The molecule has 0 radical (unpaired) electrons. The molecular weight excluding hydrogens is 252 g/mol. The SMILES string of the molecule is Cn1nc(NCC2(C)CCCS2)c(=O)n(C)c1=O. The van der Waals surface area contributed by atoms with Gasteiger partial charge in [0.1, 0.15) is 0 Å². The minimum Gasteiger partial charge on any atom is -0.363 e. The van der Waals surface area contributed by atoms with Crippen LogP contribution in [0.4, 0.5) is 5.82 Å². The summed E-state index contributed by atoms with van der Waals surface area (Å²) in [4.78, 5) is 23.4. The first-order chi connectivity index (χ1) is 8.43. The molecule has 0 spiro atoms. The number of hydrogen-bond acceptors (Lipinski definition) is 5. The minimum atomic E-state index is -0.410. The Balaban J connectivity index is 2.20. The molecule has 0 saturated carbocycles. The highest BCUT2D eigenvalue weighted by atomic mass is 32.2. The normalized spacial score (nSPS) is 23.3. The number of aromatic nitrogens is 3. The molecule has 0 aromatic carbocycles. The molecule has 2 heterocycles. The molecule has 1 aromatic rings. The molecule has 1 aliphatic rings. The van der Waals surface area contributed by atoms with Crippen molar-refractivity contribution in [1.82, 2.24) is 14.3 Å². The summed E-state index contributed by atoms with van der Waals surface area (Å²) in [5, 5.41) is 7.05. The van der Waals surface area contributed by atoms with E-state index in [0.717, 1.165) is 16.7 Å². The fraction of sp³-hybridized carbons (Fsp3) is 0.727. The molecule has 1 unspecified atom stereocenters. The van der Waals surface area contributed by atoms with E-state index in [4.69, 9.17) is 0 Å². The lowest BCUT2D eigenvalue weighted by atomic mass is 10.1. The van der Waals surface area contributed by atoms with Crippen LogP contribution >= 0.6 is 11.8 Å². The molecule has 1 fully saturated rings. The van der Waals surface area contributed by atoms with Gasteiger partial charge in [0.2, 0.25) is 5.82 Å². The zero-order chi connectivity index (χ0) is 13.3. The van der Waals surface area contributed by atoms with Crippen LogP contribution in [0.2, 0.25) is 0 Å². The first-order valence-corrected chi connectivity index (χ1v) is 6.94. The Morgan fingerprint density at radius 1 is 1.44 bits per heavy atom. The summed E-state index contributed by atoms with van der Waals surface area (Å²) in [6, 6.07) is 0. The Labute approximate surface area is 109 Å². The van der Waals surface area contributed by atoms with E-state index in [-0.39, 0.29) is 16.1 Å². The van der Waals surface area contributed by atoms with Gasteiger partial charge in [-0.3, -0.25) is 9.36 Å². The maximum Gasteiger partial charge on any atom is 0.346 e. The Hall–Kier alpha value is -1.24. The number of anilines is 1. The molecule has 7 heteroatoms. The lowest BCUT2D eigenvalue weighted by molar-refractivity contribution is 0.593. The predicted octanol–water partition coefficient (Wildman–Crippen LogP) is 0.177. The summed E-state index contributed by atoms with van der Waals surface area (Å²) >= 11 is 1.91. The third-order valence-electron chi connectivity index (χ3n) is 3.25. The van der Waals surface area contributed by atoms with E-state index >= 15 is 0 Å². The van der Waals surface area contributed by atoms with Crippen LogP contribution < -0.4 is 16.6 Å². The number of nitrogens with zero attached hydrogens (tertiary/aromatic N) is 3. The van der Waals surface area contributed by atoms with Gasteiger partial charge in [-0.15, -0.1) is 5.10 Å². The van der Waals surface area contributed by atoms with Gasteiger partial charge in [-0.2, -0.15) is 11.8 Å². The maximum atomic E-state index is 11.9. The summed E-state index contributed by atoms with van der Waals surface area (Å²) in [7, 11) is 3.00. The molecule has 0 aliphatic carbocycles. The summed E-state index contributed by atoms with van der Waals surface area (Å²) in [5.74, 6) is 1.41. The maximum absolute atomic E-state index is 11.9. The second-order valence-corrected chi connectivity index (χ2v) is 6.56. The largest absolute Gasteiger partial charge is 0.363 e. The Bertz CT molecular complexity index is 557. The molecule has 1 saturated heterocycles. The van der Waals surface area contributed by atoms with E-state index in [9.17, 15) is 9.59 Å². The van der Waals surface area contributed by atoms with Gasteiger partial charge in [0, 0.05) is 25.4 Å². The molecule has 100 valence electrons. The molecule has 1 atom stereocenters. The second-order valence-electron chi connectivity index (χ2n) is 4.87. The van der Waals surface area contributed by atoms with Gasteiger partial charge >= 0.3 is 5.69 Å². The van der Waals surface area contributed by atoms with Gasteiger partial charge in [-0.1, -0.05) is 0 Å². The number of thioether (sulfide) groups is 1. The van der Waals surface area contributed by atoms with Crippen molar-refractivity contribution in [3.05, 3.63) is 20.8 Å². The Morgan fingerprint density at radius 3 is 2.78 bits per heavy atom. The zero-order valence-corrected chi connectivity index (χ0v) is 11.7. The fourth-order valence-electron chi connectivity index (χ4n) is 2.06. The smallest absolute Gasteiger partial charge is 0.346 e. The van der Waals surface area contributed by atoms with Crippen molar-refractivity contribution in [1.29, 1.82) is 0 Å². The summed E-state index contributed by atoms with van der Waals surface area (Å²) in [6.45, 7) is 2.88. The van der Waals surface area contributed by atoms with Gasteiger partial charge in [0.15, 0.2) is 0 Å². The average Bonchev–Trinajstić information content (AvgIpc) is 2.77. The molecule has 1 N–H and O–H groups in total. The number of rotatable bonds is 3. The molecular formula is C11H18N4O2S. The summed E-state index contributed by atoms with van der Waals surface area (Å²) < 4.78 is 2.40. The van der Waals surface area contributed by atoms with Crippen LogP contribution in [0.1, 0.15) is 19.8 Å². The lowest BCUT2D eigenvalue weighted by Gasteiger charge is -2.23. The van der Waals surface area contributed by atoms with Crippen molar-refractivity contribution in [2.45, 2.75) is 24.5 Å². The van der Waals surface area contributed by atoms with Gasteiger partial charge in [-0.25, -0.2) is 9.48 Å². The van der Waals surface area contributed by atoms with E-state index in [1.54, 1.807) is 7.05 Å². The van der Waals surface area contributed by atoms with Crippen molar-refractivity contribution in [2.24, 2.45) is 14.1 Å². The predicted molar refractivity (Wildman–Crippen MR) is 73.3 cm³/mol. The number of hydrogen-bond donors (Lipinski definition) is 1. The zero-order valence-electron chi connectivity index (χ0n) is 10.9. The third-order valence-corrected chi connectivity index (χ3v) is 4.79. The topological polar surface area (TPSA) is 68.9 Å². The van der Waals surface area contributed by atoms with Crippen LogP contribution in [-0.2, 0) is 14.1 Å². The van der Waals surface area contributed by atoms with Gasteiger partial charge in [0.05, 0.1) is 0 Å². The standard InChI is InChI=1S/C11H18N4O2S/c1-11(5-4-6-18-11)7-12-8-9(16)14(2)10(17)15(3)13-8/h4-7H2,1-3H3,(H,12,13). The lowest BCUT2D eigenvalue weighted by Crippen LogP contribution is -2.41. The van der Waals surface area contributed by atoms with Crippen LogP contribution in [0.25, 0.3) is 0 Å². The average molecular weight is 270 g/mol.